The molecule has 0 unspecified atom stereocenters. The third-order valence-corrected chi connectivity index (χ3v) is 4.49. The van der Waals surface area contributed by atoms with Crippen LogP contribution in [0.15, 0.2) is 48.5 Å². The zero-order valence-electron chi connectivity index (χ0n) is 18.2. The van der Waals surface area contributed by atoms with Crippen LogP contribution in [0.4, 0.5) is 5.69 Å². The third kappa shape index (κ3) is 8.35. The van der Waals surface area contributed by atoms with E-state index in [1.165, 1.54) is 0 Å². The molecule has 0 radical (unpaired) electrons. The molecule has 170 valence electrons. The van der Waals surface area contributed by atoms with E-state index in [-0.39, 0.29) is 11.0 Å². The number of unbranched alkanes of at least 4 members (excludes halogenated alkanes) is 1. The highest BCUT2D eigenvalue weighted by atomic mass is 32.1. The maximum atomic E-state index is 12.4. The predicted octanol–water partition coefficient (Wildman–Crippen LogP) is 3.55. The van der Waals surface area contributed by atoms with Crippen molar-refractivity contribution in [3.8, 4) is 5.75 Å². The molecule has 0 aliphatic carbocycles. The number of nitrogens with one attached hydrogen (secondary N) is 4. The molecule has 0 spiro atoms. The lowest BCUT2D eigenvalue weighted by atomic mass is 10.2. The molecule has 3 amide bonds. The smallest absolute Gasteiger partial charge is 0.269 e. The maximum Gasteiger partial charge on any atom is 0.269 e. The van der Waals surface area contributed by atoms with Gasteiger partial charge in [0.2, 0.25) is 5.91 Å². The lowest BCUT2D eigenvalue weighted by molar-refractivity contribution is -0.116. The van der Waals surface area contributed by atoms with E-state index in [0.29, 0.717) is 35.6 Å². The quantitative estimate of drug-likeness (QED) is 0.261. The van der Waals surface area contributed by atoms with Gasteiger partial charge in [-0.2, -0.15) is 0 Å². The summed E-state index contributed by atoms with van der Waals surface area (Å²) in [5, 5.41) is 5.20. The Morgan fingerprint density at radius 2 is 1.66 bits per heavy atom. The van der Waals surface area contributed by atoms with Crippen LogP contribution in [-0.4, -0.2) is 29.4 Å². The van der Waals surface area contributed by atoms with E-state index in [0.717, 1.165) is 19.3 Å². The molecule has 2 aromatic rings. The molecular formula is C23H28N4O4S. The van der Waals surface area contributed by atoms with Gasteiger partial charge in [-0.05, 0) is 67.5 Å². The number of hydrogen-bond donors (Lipinski definition) is 4. The minimum atomic E-state index is -0.445. The molecule has 4 N–H and O–H groups in total. The molecule has 2 rings (SSSR count). The first-order valence-corrected chi connectivity index (χ1v) is 10.9. The second-order valence-electron chi connectivity index (χ2n) is 6.97. The zero-order chi connectivity index (χ0) is 23.3. The van der Waals surface area contributed by atoms with Gasteiger partial charge in [-0.15, -0.1) is 0 Å². The topological polar surface area (TPSA) is 109 Å². The van der Waals surface area contributed by atoms with E-state index in [1.54, 1.807) is 48.5 Å². The van der Waals surface area contributed by atoms with Crippen LogP contribution in [-0.2, 0) is 4.79 Å². The number of hydrogen-bond acceptors (Lipinski definition) is 5. The maximum absolute atomic E-state index is 12.4. The average Bonchev–Trinajstić information content (AvgIpc) is 2.78. The highest BCUT2D eigenvalue weighted by Gasteiger charge is 2.11. The number of thiocarbonyl (C=S) groups is 1. The summed E-state index contributed by atoms with van der Waals surface area (Å²) < 4.78 is 5.60. The van der Waals surface area contributed by atoms with Gasteiger partial charge in [0.25, 0.3) is 11.8 Å². The normalized spacial score (nSPS) is 10.1. The van der Waals surface area contributed by atoms with Gasteiger partial charge in [0.1, 0.15) is 5.75 Å². The highest BCUT2D eigenvalue weighted by molar-refractivity contribution is 7.80. The minimum absolute atomic E-state index is 0.0518. The Morgan fingerprint density at radius 3 is 2.34 bits per heavy atom. The molecule has 32 heavy (non-hydrogen) atoms. The Balaban J connectivity index is 1.82. The number of ether oxygens (including phenoxy) is 1. The van der Waals surface area contributed by atoms with Crippen molar-refractivity contribution >= 4 is 40.7 Å². The van der Waals surface area contributed by atoms with Gasteiger partial charge in [0.15, 0.2) is 5.11 Å². The van der Waals surface area contributed by atoms with E-state index >= 15 is 0 Å². The Hall–Kier alpha value is -3.46. The van der Waals surface area contributed by atoms with E-state index in [4.69, 9.17) is 17.0 Å². The van der Waals surface area contributed by atoms with Gasteiger partial charge in [-0.1, -0.05) is 26.3 Å². The first-order valence-electron chi connectivity index (χ1n) is 10.5. The van der Waals surface area contributed by atoms with Gasteiger partial charge in [0, 0.05) is 23.2 Å². The Morgan fingerprint density at radius 1 is 0.906 bits per heavy atom. The molecule has 0 aromatic heterocycles. The third-order valence-electron chi connectivity index (χ3n) is 4.29. The summed E-state index contributed by atoms with van der Waals surface area (Å²) in [6.45, 7) is 4.58. The van der Waals surface area contributed by atoms with E-state index in [1.807, 2.05) is 6.92 Å². The molecule has 0 aliphatic rings. The molecule has 0 atom stereocenters. The standard InChI is InChI=1S/C23H28N4O4S/c1-3-5-14-31-19-9-6-8-17(15-19)21(29)25-23(32)27-26-22(30)16-10-12-18(13-11-16)24-20(28)7-4-2/h6,8-13,15H,3-5,7,14H2,1-2H3,(H,24,28)(H,26,30)(H2,25,27,29,32). The van der Waals surface area contributed by atoms with Gasteiger partial charge in [0.05, 0.1) is 6.61 Å². The van der Waals surface area contributed by atoms with Gasteiger partial charge < -0.3 is 10.1 Å². The molecule has 2 aromatic carbocycles. The van der Waals surface area contributed by atoms with Crippen LogP contribution in [0.2, 0.25) is 0 Å². The molecular weight excluding hydrogens is 428 g/mol. The monoisotopic (exact) mass is 456 g/mol. The fourth-order valence-corrected chi connectivity index (χ4v) is 2.75. The van der Waals surface area contributed by atoms with E-state index in [9.17, 15) is 14.4 Å². The lowest BCUT2D eigenvalue weighted by Crippen LogP contribution is -2.48. The van der Waals surface area contributed by atoms with Crippen LogP contribution in [0.1, 0.15) is 60.2 Å². The zero-order valence-corrected chi connectivity index (χ0v) is 19.0. The number of hydrazine groups is 1. The van der Waals surface area contributed by atoms with Gasteiger partial charge in [-0.3, -0.25) is 30.6 Å². The molecule has 8 nitrogen and oxygen atoms in total. The Labute approximate surface area is 193 Å². The number of benzene rings is 2. The van der Waals surface area contributed by atoms with Gasteiger partial charge in [-0.25, -0.2) is 0 Å². The Bertz CT molecular complexity index is 947. The van der Waals surface area contributed by atoms with Crippen LogP contribution >= 0.6 is 12.2 Å². The molecule has 0 saturated carbocycles. The number of carbonyl (C=O) groups excluding carboxylic acids is 3. The van der Waals surface area contributed by atoms with Crippen molar-refractivity contribution in [2.45, 2.75) is 39.5 Å². The largest absolute Gasteiger partial charge is 0.494 e. The predicted molar refractivity (Wildman–Crippen MR) is 127 cm³/mol. The molecule has 0 saturated heterocycles. The number of anilines is 1. The summed E-state index contributed by atoms with van der Waals surface area (Å²) in [6, 6.07) is 13.2. The molecule has 0 bridgehead atoms. The van der Waals surface area contributed by atoms with E-state index < -0.39 is 11.8 Å². The highest BCUT2D eigenvalue weighted by Crippen LogP contribution is 2.14. The minimum Gasteiger partial charge on any atom is -0.494 e. The summed E-state index contributed by atoms with van der Waals surface area (Å²) in [7, 11) is 0. The SMILES string of the molecule is CCCCOc1cccc(C(=O)NC(=S)NNC(=O)c2ccc(NC(=O)CCC)cc2)c1. The van der Waals surface area contributed by atoms with Crippen molar-refractivity contribution in [2.75, 3.05) is 11.9 Å². The fraction of sp³-hybridized carbons (Fsp3) is 0.304. The second-order valence-corrected chi connectivity index (χ2v) is 7.38. The summed E-state index contributed by atoms with van der Waals surface area (Å²) in [5.41, 5.74) is 6.28. The fourth-order valence-electron chi connectivity index (χ4n) is 2.61. The Kier molecular flexibility index (Phi) is 10.1. The molecule has 0 heterocycles. The van der Waals surface area contributed by atoms with E-state index in [2.05, 4.69) is 28.4 Å². The van der Waals surface area contributed by atoms with Crippen molar-refractivity contribution in [1.82, 2.24) is 16.2 Å². The van der Waals surface area contributed by atoms with Crippen LogP contribution in [0.5, 0.6) is 5.75 Å². The number of carbonyl (C=O) groups is 3. The van der Waals surface area contributed by atoms with Crippen LogP contribution < -0.4 is 26.2 Å². The molecule has 9 heteroatoms. The van der Waals surface area contributed by atoms with Crippen LogP contribution in [0.3, 0.4) is 0 Å². The van der Waals surface area contributed by atoms with Crippen molar-refractivity contribution in [1.29, 1.82) is 0 Å². The van der Waals surface area contributed by atoms with Crippen molar-refractivity contribution in [2.24, 2.45) is 0 Å². The second kappa shape index (κ2) is 13.1. The van der Waals surface area contributed by atoms with Crippen molar-refractivity contribution < 1.29 is 19.1 Å². The number of amides is 3. The molecule has 0 fully saturated rings. The first kappa shape index (κ1) is 24.8. The van der Waals surface area contributed by atoms with Crippen molar-refractivity contribution in [3.05, 3.63) is 59.7 Å². The van der Waals surface area contributed by atoms with Crippen LogP contribution in [0, 0.1) is 0 Å². The summed E-state index contributed by atoms with van der Waals surface area (Å²) in [4.78, 5) is 36.3. The summed E-state index contributed by atoms with van der Waals surface area (Å²) >= 11 is 5.07. The summed E-state index contributed by atoms with van der Waals surface area (Å²) in [6.07, 6.45) is 3.14. The average molecular weight is 457 g/mol. The summed E-state index contributed by atoms with van der Waals surface area (Å²) in [5.74, 6) is -0.345. The van der Waals surface area contributed by atoms with Crippen LogP contribution in [0.25, 0.3) is 0 Å². The molecule has 0 aliphatic heterocycles. The van der Waals surface area contributed by atoms with Gasteiger partial charge >= 0.3 is 0 Å². The van der Waals surface area contributed by atoms with Crippen molar-refractivity contribution in [3.63, 3.8) is 0 Å². The first-order chi connectivity index (χ1) is 15.4. The number of rotatable bonds is 9. The lowest BCUT2D eigenvalue weighted by Gasteiger charge is -2.12.